The third-order valence-electron chi connectivity index (χ3n) is 8.70. The van der Waals surface area contributed by atoms with Crippen molar-refractivity contribution in [3.05, 3.63) is 81.4 Å². The van der Waals surface area contributed by atoms with Crippen LogP contribution in [0.25, 0.3) is 17.4 Å². The molecule has 0 spiro atoms. The minimum absolute atomic E-state index is 0.0375. The monoisotopic (exact) mass is 563 g/mol. The maximum Gasteiger partial charge on any atom is 0.271 e. The van der Waals surface area contributed by atoms with E-state index < -0.39 is 0 Å². The lowest BCUT2D eigenvalue weighted by Gasteiger charge is -2.34. The van der Waals surface area contributed by atoms with Gasteiger partial charge in [0, 0.05) is 17.2 Å². The summed E-state index contributed by atoms with van der Waals surface area (Å²) in [5, 5.41) is 11.0. The zero-order valence-electron chi connectivity index (χ0n) is 21.4. The van der Waals surface area contributed by atoms with Crippen LogP contribution in [0.3, 0.4) is 0 Å². The van der Waals surface area contributed by atoms with Gasteiger partial charge in [-0.2, -0.15) is 5.10 Å². The van der Waals surface area contributed by atoms with Gasteiger partial charge in [-0.15, -0.1) is 5.10 Å². The van der Waals surface area contributed by atoms with Crippen molar-refractivity contribution in [2.45, 2.75) is 40.0 Å². The summed E-state index contributed by atoms with van der Waals surface area (Å²) >= 11 is 14.0. The molecule has 38 heavy (non-hydrogen) atoms. The lowest BCUT2D eigenvalue weighted by atomic mass is 9.70. The number of carbonyl (C=O) groups is 1. The predicted molar refractivity (Wildman–Crippen MR) is 158 cm³/mol. The number of halogens is 2. The van der Waals surface area contributed by atoms with Crippen molar-refractivity contribution in [3.8, 4) is 11.3 Å². The van der Waals surface area contributed by atoms with E-state index in [2.05, 4.69) is 25.9 Å². The predicted octanol–water partition coefficient (Wildman–Crippen LogP) is 8.93. The molecule has 2 saturated carbocycles. The van der Waals surface area contributed by atoms with Crippen molar-refractivity contribution < 1.29 is 9.21 Å². The highest BCUT2D eigenvalue weighted by Gasteiger charge is 2.60. The summed E-state index contributed by atoms with van der Waals surface area (Å²) in [6.45, 7) is 7.00. The van der Waals surface area contributed by atoms with Gasteiger partial charge in [-0.05, 0) is 78.8 Å². The first-order valence-electron chi connectivity index (χ1n) is 12.7. The Morgan fingerprint density at radius 3 is 2.39 bits per heavy atom. The van der Waals surface area contributed by atoms with Crippen molar-refractivity contribution in [3.63, 3.8) is 0 Å². The van der Waals surface area contributed by atoms with Crippen LogP contribution < -0.4 is 4.90 Å². The van der Waals surface area contributed by atoms with E-state index in [-0.39, 0.29) is 16.7 Å². The second-order valence-corrected chi connectivity index (χ2v) is 12.6. The molecule has 3 aliphatic rings. The van der Waals surface area contributed by atoms with Crippen LogP contribution in [0.2, 0.25) is 10.0 Å². The normalized spacial score (nSPS) is 27.4. The Labute approximate surface area is 236 Å². The first kappa shape index (κ1) is 25.5. The van der Waals surface area contributed by atoms with Crippen LogP contribution in [-0.4, -0.2) is 16.8 Å². The molecule has 0 radical (unpaired) electrons. The SMILES string of the molecule is CC12CCC(C/C1=N\N=C1\S/C(=C\c3ccc(-c4c(Cl)cccc4Cl)o3)C(=O)N1c1ccccc1)C2(C)C. The molecule has 0 N–H and O–H groups in total. The molecule has 2 unspecified atom stereocenters. The zero-order valence-corrected chi connectivity index (χ0v) is 23.7. The Kier molecular flexibility index (Phi) is 6.33. The standard InChI is InChI=1S/C30H27Cl2N3O2S/c1-29(2)18-14-15-30(29,3)25(16-18)33-34-28-35(19-8-5-4-6-9-19)27(36)24(38-28)17-20-12-13-23(37-20)26-21(31)10-7-11-22(26)32/h4-13,17-18H,14-16H2,1-3H3/b24-17-,33-25+,34-28+. The molecular weight excluding hydrogens is 537 g/mol. The largest absolute Gasteiger partial charge is 0.457 e. The number of anilines is 1. The van der Waals surface area contributed by atoms with Crippen molar-refractivity contribution in [1.82, 2.24) is 0 Å². The molecule has 3 aromatic rings. The van der Waals surface area contributed by atoms with Gasteiger partial charge >= 0.3 is 0 Å². The van der Waals surface area contributed by atoms with Gasteiger partial charge in [0.05, 0.1) is 26.2 Å². The fourth-order valence-corrected chi connectivity index (χ4v) is 7.45. The maximum absolute atomic E-state index is 13.6. The first-order valence-corrected chi connectivity index (χ1v) is 14.2. The quantitative estimate of drug-likeness (QED) is 0.235. The molecule has 2 aliphatic carbocycles. The number of fused-ring (bicyclic) bond motifs is 2. The molecule has 1 aliphatic heterocycles. The third-order valence-corrected chi connectivity index (χ3v) is 10.3. The van der Waals surface area contributed by atoms with Crippen molar-refractivity contribution in [2.75, 3.05) is 4.90 Å². The topological polar surface area (TPSA) is 58.2 Å². The van der Waals surface area contributed by atoms with E-state index in [4.69, 9.17) is 32.7 Å². The second-order valence-electron chi connectivity index (χ2n) is 10.8. The number of amides is 1. The fourth-order valence-electron chi connectivity index (χ4n) is 5.96. The molecule has 3 fully saturated rings. The minimum Gasteiger partial charge on any atom is -0.457 e. The molecule has 194 valence electrons. The Bertz CT molecular complexity index is 1500. The van der Waals surface area contributed by atoms with E-state index in [9.17, 15) is 4.79 Å². The fraction of sp³-hybridized carbons (Fsp3) is 0.300. The Hall–Kier alpha value is -2.80. The number of hydrogen-bond acceptors (Lipinski definition) is 5. The Morgan fingerprint density at radius 2 is 1.74 bits per heavy atom. The van der Waals surface area contributed by atoms with Crippen LogP contribution in [0.5, 0.6) is 0 Å². The molecule has 5 nitrogen and oxygen atoms in total. The highest BCUT2D eigenvalue weighted by molar-refractivity contribution is 8.19. The van der Waals surface area contributed by atoms with Gasteiger partial charge in [-0.3, -0.25) is 9.69 Å². The van der Waals surface area contributed by atoms with Gasteiger partial charge in [0.25, 0.3) is 5.91 Å². The molecule has 1 saturated heterocycles. The van der Waals surface area contributed by atoms with Crippen molar-refractivity contribution in [2.24, 2.45) is 27.0 Å². The first-order chi connectivity index (χ1) is 18.2. The number of nitrogens with zero attached hydrogens (tertiary/aromatic N) is 3. The van der Waals surface area contributed by atoms with Gasteiger partial charge in [-0.25, -0.2) is 0 Å². The number of hydrogen-bond donors (Lipinski definition) is 0. The van der Waals surface area contributed by atoms with E-state index in [1.54, 1.807) is 41.3 Å². The molecule has 1 aromatic heterocycles. The Morgan fingerprint density at radius 1 is 1.00 bits per heavy atom. The minimum atomic E-state index is -0.173. The average Bonchev–Trinajstić information content (AvgIpc) is 3.58. The summed E-state index contributed by atoms with van der Waals surface area (Å²) in [5.74, 6) is 1.52. The van der Waals surface area contributed by atoms with Gasteiger partial charge in [-0.1, -0.05) is 68.2 Å². The summed E-state index contributed by atoms with van der Waals surface area (Å²) in [7, 11) is 0. The van der Waals surface area contributed by atoms with E-state index in [0.29, 0.717) is 43.1 Å². The van der Waals surface area contributed by atoms with Gasteiger partial charge in [0.15, 0.2) is 0 Å². The Balaban J connectivity index is 1.35. The molecule has 6 rings (SSSR count). The van der Waals surface area contributed by atoms with Gasteiger partial charge in [0.1, 0.15) is 11.5 Å². The third kappa shape index (κ3) is 4.05. The smallest absolute Gasteiger partial charge is 0.271 e. The van der Waals surface area contributed by atoms with Crippen molar-refractivity contribution in [1.29, 1.82) is 0 Å². The van der Waals surface area contributed by atoms with Crippen LogP contribution in [0.1, 0.15) is 45.8 Å². The van der Waals surface area contributed by atoms with Crippen LogP contribution in [0.4, 0.5) is 5.69 Å². The number of furan rings is 1. The molecule has 2 heterocycles. The highest BCUT2D eigenvalue weighted by atomic mass is 35.5. The highest BCUT2D eigenvalue weighted by Crippen LogP contribution is 2.64. The van der Waals surface area contributed by atoms with Gasteiger partial charge in [0.2, 0.25) is 5.17 Å². The number of benzene rings is 2. The lowest BCUT2D eigenvalue weighted by Crippen LogP contribution is -2.32. The van der Waals surface area contributed by atoms with Crippen molar-refractivity contribution >= 4 is 63.5 Å². The number of amidine groups is 1. The number of thioether (sulfide) groups is 1. The molecule has 2 atom stereocenters. The van der Waals surface area contributed by atoms with E-state index in [1.165, 1.54) is 18.2 Å². The molecule has 8 heteroatoms. The summed E-state index contributed by atoms with van der Waals surface area (Å²) < 4.78 is 6.03. The molecule has 2 aromatic carbocycles. The van der Waals surface area contributed by atoms with E-state index in [1.807, 2.05) is 30.3 Å². The van der Waals surface area contributed by atoms with Crippen LogP contribution in [-0.2, 0) is 4.79 Å². The number of rotatable bonds is 4. The molecule has 1 amide bonds. The summed E-state index contributed by atoms with van der Waals surface area (Å²) in [6, 6.07) is 18.5. The zero-order chi connectivity index (χ0) is 26.7. The lowest BCUT2D eigenvalue weighted by molar-refractivity contribution is -0.113. The molecule has 2 bridgehead atoms. The van der Waals surface area contributed by atoms with Crippen LogP contribution in [0.15, 0.2) is 80.2 Å². The summed E-state index contributed by atoms with van der Waals surface area (Å²) in [6.07, 6.45) is 5.06. The average molecular weight is 565 g/mol. The number of carbonyl (C=O) groups excluding carboxylic acids is 1. The van der Waals surface area contributed by atoms with Crippen LogP contribution in [0, 0.1) is 16.7 Å². The van der Waals surface area contributed by atoms with Gasteiger partial charge < -0.3 is 4.42 Å². The van der Waals surface area contributed by atoms with E-state index >= 15 is 0 Å². The van der Waals surface area contributed by atoms with E-state index in [0.717, 1.165) is 24.2 Å². The molecular formula is C30H27Cl2N3O2S. The summed E-state index contributed by atoms with van der Waals surface area (Å²) in [4.78, 5) is 15.7. The summed E-state index contributed by atoms with van der Waals surface area (Å²) in [5.41, 5.74) is 2.75. The van der Waals surface area contributed by atoms with Crippen LogP contribution >= 0.6 is 35.0 Å². The number of para-hydroxylation sites is 1. The maximum atomic E-state index is 13.6. The second kappa shape index (κ2) is 9.44.